The third kappa shape index (κ3) is 2.89. The summed E-state index contributed by atoms with van der Waals surface area (Å²) >= 11 is 0. The fourth-order valence-corrected chi connectivity index (χ4v) is 3.36. The molecule has 1 N–H and O–H groups in total. The van der Waals surface area contributed by atoms with Crippen LogP contribution >= 0.6 is 0 Å². The first-order valence-corrected chi connectivity index (χ1v) is 8.51. The Balaban J connectivity index is 1.60. The van der Waals surface area contributed by atoms with Gasteiger partial charge in [-0.15, -0.1) is 0 Å². The van der Waals surface area contributed by atoms with Crippen LogP contribution < -0.4 is 5.32 Å². The lowest BCUT2D eigenvalue weighted by molar-refractivity contribution is 0.0928. The first kappa shape index (κ1) is 14.9. The van der Waals surface area contributed by atoms with Gasteiger partial charge in [-0.3, -0.25) is 4.79 Å². The number of hydrogen-bond acceptors (Lipinski definition) is 3. The highest BCUT2D eigenvalue weighted by molar-refractivity contribution is 5.95. The van der Waals surface area contributed by atoms with Gasteiger partial charge >= 0.3 is 0 Å². The van der Waals surface area contributed by atoms with Crippen LogP contribution in [0.5, 0.6) is 0 Å². The number of imidazole rings is 1. The molecule has 1 saturated carbocycles. The monoisotopic (exact) mass is 320 g/mol. The highest BCUT2D eigenvalue weighted by Crippen LogP contribution is 2.22. The number of hydrogen-bond donors (Lipinski definition) is 1. The van der Waals surface area contributed by atoms with Gasteiger partial charge in [0.05, 0.1) is 11.9 Å². The van der Waals surface area contributed by atoms with E-state index in [9.17, 15) is 4.79 Å². The first-order chi connectivity index (χ1) is 11.8. The third-order valence-corrected chi connectivity index (χ3v) is 4.64. The maximum Gasteiger partial charge on any atom is 0.251 e. The van der Waals surface area contributed by atoms with E-state index >= 15 is 0 Å². The SMILES string of the molecule is O=C(NC1CCCCC1)c1cccc(-c2cnc3cccnn23)c1. The van der Waals surface area contributed by atoms with Crippen LogP contribution in [0.3, 0.4) is 0 Å². The normalized spacial score (nSPS) is 15.5. The van der Waals surface area contributed by atoms with Crippen LogP contribution in [0, 0.1) is 0 Å². The molecule has 3 aromatic rings. The number of nitrogens with zero attached hydrogens (tertiary/aromatic N) is 3. The van der Waals surface area contributed by atoms with E-state index in [1.165, 1.54) is 19.3 Å². The van der Waals surface area contributed by atoms with E-state index in [0.29, 0.717) is 11.6 Å². The molecule has 4 rings (SSSR count). The lowest BCUT2D eigenvalue weighted by atomic mass is 9.95. The van der Waals surface area contributed by atoms with E-state index in [1.807, 2.05) is 36.4 Å². The first-order valence-electron chi connectivity index (χ1n) is 8.51. The van der Waals surface area contributed by atoms with Crippen molar-refractivity contribution in [3.63, 3.8) is 0 Å². The van der Waals surface area contributed by atoms with Gasteiger partial charge in [-0.05, 0) is 37.1 Å². The van der Waals surface area contributed by atoms with Gasteiger partial charge in [0.2, 0.25) is 0 Å². The predicted molar refractivity (Wildman–Crippen MR) is 92.8 cm³/mol. The van der Waals surface area contributed by atoms with Crippen molar-refractivity contribution in [1.82, 2.24) is 19.9 Å². The standard InChI is InChI=1S/C19H20N4O/c24-19(22-16-8-2-1-3-9-16)15-7-4-6-14(12-15)17-13-20-18-10-5-11-21-23(17)18/h4-7,10-13,16H,1-3,8-9H2,(H,22,24). The molecule has 0 spiro atoms. The molecule has 24 heavy (non-hydrogen) atoms. The summed E-state index contributed by atoms with van der Waals surface area (Å²) in [7, 11) is 0. The van der Waals surface area contributed by atoms with Gasteiger partial charge in [-0.2, -0.15) is 5.10 Å². The minimum atomic E-state index is 0.00512. The molecule has 1 aliphatic carbocycles. The van der Waals surface area contributed by atoms with Crippen molar-refractivity contribution in [3.05, 3.63) is 54.4 Å². The van der Waals surface area contributed by atoms with Crippen molar-refractivity contribution in [1.29, 1.82) is 0 Å². The maximum atomic E-state index is 12.5. The van der Waals surface area contributed by atoms with Gasteiger partial charge in [-0.1, -0.05) is 31.4 Å². The molecule has 5 heteroatoms. The summed E-state index contributed by atoms with van der Waals surface area (Å²) in [4.78, 5) is 16.9. The Kier molecular flexibility index (Phi) is 3.99. The Bertz CT molecular complexity index is 864. The van der Waals surface area contributed by atoms with Gasteiger partial charge in [0, 0.05) is 23.4 Å². The van der Waals surface area contributed by atoms with Crippen LogP contribution in [0.4, 0.5) is 0 Å². The molecule has 1 fully saturated rings. The molecule has 0 bridgehead atoms. The summed E-state index contributed by atoms with van der Waals surface area (Å²) in [6.07, 6.45) is 9.39. The maximum absolute atomic E-state index is 12.5. The summed E-state index contributed by atoms with van der Waals surface area (Å²) in [6.45, 7) is 0. The zero-order valence-electron chi connectivity index (χ0n) is 13.5. The molecule has 122 valence electrons. The van der Waals surface area contributed by atoms with E-state index in [0.717, 1.165) is 29.7 Å². The van der Waals surface area contributed by atoms with Gasteiger partial charge in [-0.25, -0.2) is 9.50 Å². The Morgan fingerprint density at radius 3 is 2.88 bits per heavy atom. The Labute approximate surface area is 140 Å². The number of fused-ring (bicyclic) bond motifs is 1. The largest absolute Gasteiger partial charge is 0.349 e. The van der Waals surface area contributed by atoms with Crippen molar-refractivity contribution < 1.29 is 4.79 Å². The molecule has 2 heterocycles. The van der Waals surface area contributed by atoms with Crippen LogP contribution in [0.25, 0.3) is 16.9 Å². The van der Waals surface area contributed by atoms with Crippen LogP contribution in [0.1, 0.15) is 42.5 Å². The molecule has 1 amide bonds. The van der Waals surface area contributed by atoms with Crippen molar-refractivity contribution in [3.8, 4) is 11.3 Å². The molecular formula is C19H20N4O. The fourth-order valence-electron chi connectivity index (χ4n) is 3.36. The quantitative estimate of drug-likeness (QED) is 0.804. The van der Waals surface area contributed by atoms with E-state index in [1.54, 1.807) is 16.9 Å². The smallest absolute Gasteiger partial charge is 0.251 e. The number of aromatic nitrogens is 3. The molecule has 0 unspecified atom stereocenters. The number of nitrogens with one attached hydrogen (secondary N) is 1. The Morgan fingerprint density at radius 2 is 2.00 bits per heavy atom. The van der Waals surface area contributed by atoms with Crippen LogP contribution in [0.2, 0.25) is 0 Å². The molecule has 0 saturated heterocycles. The lowest BCUT2D eigenvalue weighted by Gasteiger charge is -2.22. The number of benzene rings is 1. The van der Waals surface area contributed by atoms with Crippen LogP contribution in [-0.4, -0.2) is 26.5 Å². The average molecular weight is 320 g/mol. The van der Waals surface area contributed by atoms with E-state index in [-0.39, 0.29) is 5.91 Å². The van der Waals surface area contributed by atoms with E-state index in [2.05, 4.69) is 15.4 Å². The topological polar surface area (TPSA) is 59.3 Å². The Hall–Kier alpha value is -2.69. The van der Waals surface area contributed by atoms with Crippen molar-refractivity contribution >= 4 is 11.6 Å². The second kappa shape index (κ2) is 6.43. The zero-order valence-corrected chi connectivity index (χ0v) is 13.5. The van der Waals surface area contributed by atoms with Crippen molar-refractivity contribution in [2.45, 2.75) is 38.1 Å². The molecule has 0 aliphatic heterocycles. The molecule has 0 atom stereocenters. The second-order valence-corrected chi connectivity index (χ2v) is 6.33. The molecule has 5 nitrogen and oxygen atoms in total. The summed E-state index contributed by atoms with van der Waals surface area (Å²) in [5.74, 6) is 0.00512. The van der Waals surface area contributed by atoms with E-state index < -0.39 is 0 Å². The average Bonchev–Trinajstić information content (AvgIpc) is 3.07. The molecule has 1 aliphatic rings. The number of amides is 1. The van der Waals surface area contributed by atoms with Gasteiger partial charge < -0.3 is 5.32 Å². The molecule has 2 aromatic heterocycles. The third-order valence-electron chi connectivity index (χ3n) is 4.64. The minimum Gasteiger partial charge on any atom is -0.349 e. The highest BCUT2D eigenvalue weighted by atomic mass is 16.1. The lowest BCUT2D eigenvalue weighted by Crippen LogP contribution is -2.36. The number of rotatable bonds is 3. The highest BCUT2D eigenvalue weighted by Gasteiger charge is 2.17. The van der Waals surface area contributed by atoms with E-state index in [4.69, 9.17) is 0 Å². The summed E-state index contributed by atoms with van der Waals surface area (Å²) in [5.41, 5.74) is 3.31. The minimum absolute atomic E-state index is 0.00512. The van der Waals surface area contributed by atoms with Crippen molar-refractivity contribution in [2.75, 3.05) is 0 Å². The predicted octanol–water partition coefficient (Wildman–Crippen LogP) is 3.46. The fraction of sp³-hybridized carbons (Fsp3) is 0.316. The Morgan fingerprint density at radius 1 is 1.12 bits per heavy atom. The number of carbonyl (C=O) groups excluding carboxylic acids is 1. The summed E-state index contributed by atoms with van der Waals surface area (Å²) < 4.78 is 1.79. The molecule has 0 radical (unpaired) electrons. The van der Waals surface area contributed by atoms with Crippen LogP contribution in [0.15, 0.2) is 48.8 Å². The summed E-state index contributed by atoms with van der Waals surface area (Å²) in [5, 5.41) is 7.51. The van der Waals surface area contributed by atoms with Gasteiger partial charge in [0.1, 0.15) is 0 Å². The molecular weight excluding hydrogens is 300 g/mol. The number of carbonyl (C=O) groups is 1. The van der Waals surface area contributed by atoms with Crippen molar-refractivity contribution in [2.24, 2.45) is 0 Å². The van der Waals surface area contributed by atoms with Crippen LogP contribution in [-0.2, 0) is 0 Å². The second-order valence-electron chi connectivity index (χ2n) is 6.33. The zero-order chi connectivity index (χ0) is 16.4. The molecule has 1 aromatic carbocycles. The summed E-state index contributed by atoms with van der Waals surface area (Å²) in [6, 6.07) is 11.8. The van der Waals surface area contributed by atoms with Gasteiger partial charge in [0.15, 0.2) is 5.65 Å². The van der Waals surface area contributed by atoms with Gasteiger partial charge in [0.25, 0.3) is 5.91 Å².